The largest absolute Gasteiger partial charge is 0.223 e. The molecule has 0 amide bonds. The predicted octanol–water partition coefficient (Wildman–Crippen LogP) is 3.70. The van der Waals surface area contributed by atoms with E-state index in [9.17, 15) is 0 Å². The number of aromatic nitrogens is 1. The molecular formula is C5HCl4N. The van der Waals surface area contributed by atoms with Crippen LogP contribution in [0.2, 0.25) is 20.4 Å². The molecular weight excluding hydrogens is 216 g/mol. The minimum Gasteiger partial charge on any atom is -0.223 e. The Morgan fingerprint density at radius 2 is 1.70 bits per heavy atom. The van der Waals surface area contributed by atoms with Crippen molar-refractivity contribution >= 4 is 46.4 Å². The third kappa shape index (κ3) is 1.67. The number of rotatable bonds is 0. The average molecular weight is 217 g/mol. The summed E-state index contributed by atoms with van der Waals surface area (Å²) in [6.07, 6.45) is 0. The van der Waals surface area contributed by atoms with Crippen molar-refractivity contribution in [3.8, 4) is 0 Å². The molecule has 1 aromatic heterocycles. The zero-order valence-corrected chi connectivity index (χ0v) is 7.56. The Bertz CT molecular complexity index is 237. The monoisotopic (exact) mass is 215 g/mol. The van der Waals surface area contributed by atoms with Crippen molar-refractivity contribution < 1.29 is 0 Å². The van der Waals surface area contributed by atoms with Crippen LogP contribution >= 0.6 is 46.4 Å². The lowest BCUT2D eigenvalue weighted by molar-refractivity contribution is 1.33. The summed E-state index contributed by atoms with van der Waals surface area (Å²) in [5.74, 6) is 0. The quantitative estimate of drug-likeness (QED) is 0.603. The normalized spacial score (nSPS) is 10.0. The van der Waals surface area contributed by atoms with E-state index in [-0.39, 0.29) is 15.3 Å². The van der Waals surface area contributed by atoms with Crippen LogP contribution in [0.5, 0.6) is 0 Å². The van der Waals surface area contributed by atoms with Gasteiger partial charge < -0.3 is 0 Å². The van der Waals surface area contributed by atoms with Crippen LogP contribution in [-0.2, 0) is 0 Å². The smallest absolute Gasteiger partial charge is 0.150 e. The van der Waals surface area contributed by atoms with Crippen LogP contribution in [0, 0.1) is 0 Å². The molecule has 0 saturated carbocycles. The van der Waals surface area contributed by atoms with E-state index < -0.39 is 0 Å². The lowest BCUT2D eigenvalue weighted by Crippen LogP contribution is -1.78. The first-order valence-corrected chi connectivity index (χ1v) is 3.79. The van der Waals surface area contributed by atoms with Crippen molar-refractivity contribution in [1.82, 2.24) is 4.98 Å². The van der Waals surface area contributed by atoms with Crippen molar-refractivity contribution in [1.29, 1.82) is 0 Å². The van der Waals surface area contributed by atoms with Gasteiger partial charge in [-0.15, -0.1) is 0 Å². The first-order chi connectivity index (χ1) is 4.61. The standard InChI is InChI=1S/C5HCl4N/c6-2-1-3(7)10-5(9)4(2)8/h1H. The van der Waals surface area contributed by atoms with E-state index in [1.54, 1.807) is 0 Å². The Kier molecular flexibility index (Phi) is 2.64. The Morgan fingerprint density at radius 3 is 2.20 bits per heavy atom. The molecule has 1 heterocycles. The first-order valence-electron chi connectivity index (χ1n) is 2.28. The van der Waals surface area contributed by atoms with Crippen molar-refractivity contribution in [3.05, 3.63) is 26.4 Å². The summed E-state index contributed by atoms with van der Waals surface area (Å²) in [6, 6.07) is 1.43. The van der Waals surface area contributed by atoms with E-state index in [0.29, 0.717) is 5.02 Å². The molecule has 54 valence electrons. The van der Waals surface area contributed by atoms with Crippen LogP contribution in [0.3, 0.4) is 0 Å². The van der Waals surface area contributed by atoms with Gasteiger partial charge >= 0.3 is 0 Å². The van der Waals surface area contributed by atoms with Crippen LogP contribution in [0.1, 0.15) is 0 Å². The minimum atomic E-state index is 0.124. The molecule has 1 aromatic rings. The SMILES string of the molecule is Clc1cc(Cl)c(Cl)c(Cl)n1. The summed E-state index contributed by atoms with van der Waals surface area (Å²) in [4.78, 5) is 3.65. The number of hydrogen-bond acceptors (Lipinski definition) is 1. The minimum absolute atomic E-state index is 0.124. The Morgan fingerprint density at radius 1 is 1.10 bits per heavy atom. The Labute approximate surface area is 77.9 Å². The molecule has 0 N–H and O–H groups in total. The zero-order chi connectivity index (χ0) is 7.72. The molecule has 0 aliphatic heterocycles. The van der Waals surface area contributed by atoms with Gasteiger partial charge in [0.25, 0.3) is 0 Å². The van der Waals surface area contributed by atoms with Crippen molar-refractivity contribution in [3.63, 3.8) is 0 Å². The Hall–Kier alpha value is 0.310. The Balaban J connectivity index is 3.31. The molecule has 0 aliphatic carbocycles. The number of nitrogens with zero attached hydrogens (tertiary/aromatic N) is 1. The highest BCUT2D eigenvalue weighted by molar-refractivity contribution is 6.48. The van der Waals surface area contributed by atoms with Crippen molar-refractivity contribution in [2.45, 2.75) is 0 Å². The molecule has 0 saturated heterocycles. The summed E-state index contributed by atoms with van der Waals surface area (Å²) >= 11 is 22.1. The molecule has 0 radical (unpaired) electrons. The second-order valence-electron chi connectivity index (χ2n) is 1.53. The summed E-state index contributed by atoms with van der Waals surface area (Å²) in [5, 5.41) is 0.901. The lowest BCUT2D eigenvalue weighted by Gasteiger charge is -1.96. The fourth-order valence-corrected chi connectivity index (χ4v) is 1.27. The maximum atomic E-state index is 5.58. The second-order valence-corrected chi connectivity index (χ2v) is 3.06. The van der Waals surface area contributed by atoms with Gasteiger partial charge in [0.05, 0.1) is 10.0 Å². The van der Waals surface area contributed by atoms with Crippen LogP contribution in [0.15, 0.2) is 6.07 Å². The second kappa shape index (κ2) is 3.14. The molecule has 1 nitrogen and oxygen atoms in total. The summed E-state index contributed by atoms with van der Waals surface area (Å²) in [6.45, 7) is 0. The van der Waals surface area contributed by atoms with E-state index in [1.165, 1.54) is 6.07 Å². The topological polar surface area (TPSA) is 12.9 Å². The van der Waals surface area contributed by atoms with Gasteiger partial charge in [0.15, 0.2) is 5.15 Å². The number of hydrogen-bond donors (Lipinski definition) is 0. The van der Waals surface area contributed by atoms with E-state index in [0.717, 1.165) is 0 Å². The van der Waals surface area contributed by atoms with Gasteiger partial charge in [0, 0.05) is 0 Å². The maximum absolute atomic E-state index is 5.58. The third-order valence-electron chi connectivity index (χ3n) is 0.842. The molecule has 10 heavy (non-hydrogen) atoms. The molecule has 0 spiro atoms. The fraction of sp³-hybridized carbons (Fsp3) is 0. The average Bonchev–Trinajstić information content (AvgIpc) is 1.82. The molecule has 0 fully saturated rings. The molecule has 5 heteroatoms. The summed E-state index contributed by atoms with van der Waals surface area (Å²) in [5.41, 5.74) is 0. The van der Waals surface area contributed by atoms with Gasteiger partial charge in [-0.25, -0.2) is 4.98 Å². The molecule has 0 unspecified atom stereocenters. The van der Waals surface area contributed by atoms with E-state index in [2.05, 4.69) is 4.98 Å². The van der Waals surface area contributed by atoms with Crippen LogP contribution in [-0.4, -0.2) is 4.98 Å². The predicted molar refractivity (Wildman–Crippen MR) is 44.3 cm³/mol. The summed E-state index contributed by atoms with van der Waals surface area (Å²) in [7, 11) is 0. The highest BCUT2D eigenvalue weighted by atomic mass is 35.5. The van der Waals surface area contributed by atoms with Crippen molar-refractivity contribution in [2.24, 2.45) is 0 Å². The molecule has 0 bridgehead atoms. The van der Waals surface area contributed by atoms with Gasteiger partial charge in [0.1, 0.15) is 5.15 Å². The maximum Gasteiger partial charge on any atom is 0.150 e. The zero-order valence-electron chi connectivity index (χ0n) is 4.54. The third-order valence-corrected chi connectivity index (χ3v) is 2.18. The number of halogens is 4. The number of pyridine rings is 1. The highest BCUT2D eigenvalue weighted by Crippen LogP contribution is 2.29. The fourth-order valence-electron chi connectivity index (χ4n) is 0.442. The van der Waals surface area contributed by atoms with Crippen molar-refractivity contribution in [2.75, 3.05) is 0 Å². The molecule has 1 rings (SSSR count). The van der Waals surface area contributed by atoms with E-state index in [1.807, 2.05) is 0 Å². The molecule has 0 aliphatic rings. The van der Waals surface area contributed by atoms with Crippen LogP contribution < -0.4 is 0 Å². The van der Waals surface area contributed by atoms with E-state index in [4.69, 9.17) is 46.4 Å². The lowest BCUT2D eigenvalue weighted by atomic mass is 10.5. The first kappa shape index (κ1) is 8.41. The van der Waals surface area contributed by atoms with Gasteiger partial charge in [-0.2, -0.15) is 0 Å². The van der Waals surface area contributed by atoms with Gasteiger partial charge in [-0.3, -0.25) is 0 Å². The van der Waals surface area contributed by atoms with Crippen LogP contribution in [0.25, 0.3) is 0 Å². The molecule has 0 atom stereocenters. The van der Waals surface area contributed by atoms with Gasteiger partial charge in [0.2, 0.25) is 0 Å². The van der Waals surface area contributed by atoms with Crippen LogP contribution in [0.4, 0.5) is 0 Å². The van der Waals surface area contributed by atoms with Gasteiger partial charge in [-0.1, -0.05) is 46.4 Å². The summed E-state index contributed by atoms with van der Waals surface area (Å²) < 4.78 is 0. The van der Waals surface area contributed by atoms with E-state index >= 15 is 0 Å². The van der Waals surface area contributed by atoms with Gasteiger partial charge in [-0.05, 0) is 6.07 Å². The highest BCUT2D eigenvalue weighted by Gasteiger charge is 2.04. The molecule has 0 aromatic carbocycles.